The van der Waals surface area contributed by atoms with Crippen LogP contribution in [-0.2, 0) is 28.7 Å². The molecule has 0 spiro atoms. The van der Waals surface area contributed by atoms with Gasteiger partial charge in [0.2, 0.25) is 0 Å². The van der Waals surface area contributed by atoms with Crippen LogP contribution in [0.1, 0.15) is 19.3 Å². The summed E-state index contributed by atoms with van der Waals surface area (Å²) in [7, 11) is 0. The van der Waals surface area contributed by atoms with Gasteiger partial charge in [0, 0.05) is 18.8 Å². The van der Waals surface area contributed by atoms with Gasteiger partial charge in [-0.2, -0.15) is 0 Å². The van der Waals surface area contributed by atoms with Crippen molar-refractivity contribution in [3.63, 3.8) is 0 Å². The van der Waals surface area contributed by atoms with Crippen molar-refractivity contribution in [2.24, 2.45) is 17.8 Å². The van der Waals surface area contributed by atoms with E-state index in [4.69, 9.17) is 14.9 Å². The highest BCUT2D eigenvalue weighted by atomic mass is 16.6. The van der Waals surface area contributed by atoms with Crippen molar-refractivity contribution >= 4 is 23.9 Å². The third-order valence-corrected chi connectivity index (χ3v) is 4.08. The number of esters is 3. The standard InChI is InChI=1S/C10H12O4.C6H10O.C4H2O3/c11-9(12)7-3-1-2-6-4-5-14-10(13)8(6)7;1-2-3-4-5-6-7;5-3-1-2-4(6)7-3/h1-2,6-8H,3-5H2,(H,11,12);2-4,7H,1,5-6H2;1-2H/b;4-3+;/t6-,7-,8+;;/m0../s1. The number of aliphatic hydroxyl groups is 1. The fourth-order valence-corrected chi connectivity index (χ4v) is 2.80. The van der Waals surface area contributed by atoms with Crippen LogP contribution in [0.2, 0.25) is 0 Å². The first-order valence-electron chi connectivity index (χ1n) is 8.79. The summed E-state index contributed by atoms with van der Waals surface area (Å²) in [5.41, 5.74) is 0. The summed E-state index contributed by atoms with van der Waals surface area (Å²) in [5.74, 6) is -3.41. The highest BCUT2D eigenvalue weighted by molar-refractivity contribution is 6.04. The van der Waals surface area contributed by atoms with Crippen LogP contribution in [0, 0.1) is 17.8 Å². The largest absolute Gasteiger partial charge is 0.481 e. The van der Waals surface area contributed by atoms with Gasteiger partial charge in [-0.3, -0.25) is 9.59 Å². The number of carbonyl (C=O) groups is 4. The second kappa shape index (κ2) is 12.4. The SMILES string of the molecule is C=C/C=C/CCO.O=C1C=CC(=O)O1.O=C1OCC[C@@H]2C=CC[C@H](C(=O)O)[C@H]12. The van der Waals surface area contributed by atoms with Gasteiger partial charge >= 0.3 is 23.9 Å². The lowest BCUT2D eigenvalue weighted by molar-refractivity contribution is -0.165. The van der Waals surface area contributed by atoms with Gasteiger partial charge in [-0.25, -0.2) is 9.59 Å². The van der Waals surface area contributed by atoms with Crippen LogP contribution >= 0.6 is 0 Å². The third kappa shape index (κ3) is 7.71. The molecular weight excluding hydrogens is 368 g/mol. The van der Waals surface area contributed by atoms with Gasteiger partial charge in [0.1, 0.15) is 0 Å². The Kier molecular flexibility index (Phi) is 10.2. The zero-order chi connectivity index (χ0) is 20.9. The minimum absolute atomic E-state index is 0.0612. The normalized spacial score (nSPS) is 24.9. The second-order valence-electron chi connectivity index (χ2n) is 6.00. The molecule has 1 aliphatic carbocycles. The van der Waals surface area contributed by atoms with E-state index in [0.29, 0.717) is 13.0 Å². The Morgan fingerprint density at radius 3 is 2.43 bits per heavy atom. The van der Waals surface area contributed by atoms with E-state index in [9.17, 15) is 19.2 Å². The van der Waals surface area contributed by atoms with Crippen molar-refractivity contribution in [1.82, 2.24) is 0 Å². The van der Waals surface area contributed by atoms with Crippen LogP contribution in [-0.4, -0.2) is 47.3 Å². The molecule has 0 amide bonds. The molecule has 0 aromatic heterocycles. The summed E-state index contributed by atoms with van der Waals surface area (Å²) in [6, 6.07) is 0. The first-order valence-corrected chi connectivity index (χ1v) is 8.79. The molecule has 0 aromatic rings. The molecule has 3 rings (SSSR count). The number of rotatable bonds is 4. The van der Waals surface area contributed by atoms with Crippen molar-refractivity contribution in [2.75, 3.05) is 13.2 Å². The van der Waals surface area contributed by atoms with Crippen LogP contribution in [0.15, 0.2) is 49.1 Å². The van der Waals surface area contributed by atoms with Crippen molar-refractivity contribution in [1.29, 1.82) is 0 Å². The van der Waals surface area contributed by atoms with Gasteiger partial charge < -0.3 is 19.7 Å². The van der Waals surface area contributed by atoms with Gasteiger partial charge in [-0.05, 0) is 25.2 Å². The Morgan fingerprint density at radius 1 is 1.25 bits per heavy atom. The molecule has 152 valence electrons. The Labute approximate surface area is 162 Å². The lowest BCUT2D eigenvalue weighted by atomic mass is 9.73. The fourth-order valence-electron chi connectivity index (χ4n) is 2.80. The molecule has 0 saturated carbocycles. The number of fused-ring (bicyclic) bond motifs is 1. The maximum absolute atomic E-state index is 11.4. The summed E-state index contributed by atoms with van der Waals surface area (Å²) in [5, 5.41) is 17.2. The third-order valence-electron chi connectivity index (χ3n) is 4.08. The number of aliphatic hydroxyl groups excluding tert-OH is 1. The number of hydrogen-bond acceptors (Lipinski definition) is 7. The molecule has 2 aliphatic heterocycles. The first kappa shape index (κ1) is 23.0. The molecule has 2 heterocycles. The molecule has 2 N–H and O–H groups in total. The molecule has 0 aromatic carbocycles. The predicted molar refractivity (Wildman–Crippen MR) is 98.7 cm³/mol. The average molecular weight is 392 g/mol. The molecule has 0 unspecified atom stereocenters. The summed E-state index contributed by atoms with van der Waals surface area (Å²) in [4.78, 5) is 42.2. The van der Waals surface area contributed by atoms with Crippen molar-refractivity contribution < 1.29 is 38.9 Å². The van der Waals surface area contributed by atoms with Gasteiger partial charge in [0.05, 0.1) is 18.4 Å². The monoisotopic (exact) mass is 392 g/mol. The lowest BCUT2D eigenvalue weighted by Crippen LogP contribution is -2.41. The molecule has 0 bridgehead atoms. The minimum atomic E-state index is -0.900. The highest BCUT2D eigenvalue weighted by Gasteiger charge is 2.43. The van der Waals surface area contributed by atoms with E-state index in [0.717, 1.165) is 25.0 Å². The molecule has 8 nitrogen and oxygen atoms in total. The van der Waals surface area contributed by atoms with Gasteiger partial charge in [-0.15, -0.1) is 0 Å². The maximum Gasteiger partial charge on any atom is 0.338 e. The van der Waals surface area contributed by atoms with Crippen LogP contribution in [0.3, 0.4) is 0 Å². The number of ether oxygens (including phenoxy) is 2. The number of aliphatic carboxylic acids is 1. The Balaban J connectivity index is 0.000000237. The summed E-state index contributed by atoms with van der Waals surface area (Å²) < 4.78 is 8.86. The average Bonchev–Trinajstić information content (AvgIpc) is 3.06. The highest BCUT2D eigenvalue weighted by Crippen LogP contribution is 2.36. The molecule has 3 aliphatic rings. The summed E-state index contributed by atoms with van der Waals surface area (Å²) in [6.07, 6.45) is 13.3. The number of carbonyl (C=O) groups excluding carboxylic acids is 3. The molecule has 1 saturated heterocycles. The molecular formula is C20H24O8. The second-order valence-corrected chi connectivity index (χ2v) is 6.00. The van der Waals surface area contributed by atoms with Crippen LogP contribution in [0.25, 0.3) is 0 Å². The van der Waals surface area contributed by atoms with Gasteiger partial charge in [-0.1, -0.05) is 37.0 Å². The molecule has 0 radical (unpaired) electrons. The summed E-state index contributed by atoms with van der Waals surface area (Å²) in [6.45, 7) is 4.10. The zero-order valence-corrected chi connectivity index (χ0v) is 15.4. The van der Waals surface area contributed by atoms with Crippen LogP contribution in [0.4, 0.5) is 0 Å². The zero-order valence-electron chi connectivity index (χ0n) is 15.4. The Bertz CT molecular complexity index is 658. The molecule has 3 atom stereocenters. The maximum atomic E-state index is 11.4. The smallest absolute Gasteiger partial charge is 0.338 e. The lowest BCUT2D eigenvalue weighted by Gasteiger charge is -2.34. The van der Waals surface area contributed by atoms with Crippen LogP contribution < -0.4 is 0 Å². The number of hydrogen-bond donors (Lipinski definition) is 2. The van der Waals surface area contributed by atoms with Crippen molar-refractivity contribution in [2.45, 2.75) is 19.3 Å². The van der Waals surface area contributed by atoms with E-state index in [1.54, 1.807) is 6.08 Å². The molecule has 1 fully saturated rings. The Morgan fingerprint density at radius 2 is 1.93 bits per heavy atom. The molecule has 8 heteroatoms. The number of carboxylic acid groups (broad SMARTS) is 1. The number of carboxylic acids is 1. The van der Waals surface area contributed by atoms with Gasteiger partial charge in [0.15, 0.2) is 0 Å². The Hall–Kier alpha value is -3.00. The quantitative estimate of drug-likeness (QED) is 0.319. The van der Waals surface area contributed by atoms with E-state index < -0.39 is 29.7 Å². The predicted octanol–water partition coefficient (Wildman–Crippen LogP) is 1.56. The summed E-state index contributed by atoms with van der Waals surface area (Å²) >= 11 is 0. The van der Waals surface area contributed by atoms with E-state index in [-0.39, 0.29) is 18.5 Å². The van der Waals surface area contributed by atoms with E-state index in [1.807, 2.05) is 24.3 Å². The fraction of sp³-hybridized carbons (Fsp3) is 0.400. The van der Waals surface area contributed by atoms with E-state index in [1.165, 1.54) is 0 Å². The van der Waals surface area contributed by atoms with E-state index in [2.05, 4.69) is 11.3 Å². The number of cyclic esters (lactones) is 3. The first-order chi connectivity index (χ1) is 13.4. The topological polar surface area (TPSA) is 127 Å². The minimum Gasteiger partial charge on any atom is -0.481 e. The van der Waals surface area contributed by atoms with E-state index >= 15 is 0 Å². The van der Waals surface area contributed by atoms with Crippen molar-refractivity contribution in [3.8, 4) is 0 Å². The van der Waals surface area contributed by atoms with Crippen LogP contribution in [0.5, 0.6) is 0 Å². The molecule has 28 heavy (non-hydrogen) atoms. The number of allylic oxidation sites excluding steroid dienone is 4. The van der Waals surface area contributed by atoms with Crippen molar-refractivity contribution in [3.05, 3.63) is 49.1 Å². The van der Waals surface area contributed by atoms with Gasteiger partial charge in [0.25, 0.3) is 0 Å².